The Morgan fingerprint density at radius 2 is 2.27 bits per heavy atom. The molecule has 1 rings (SSSR count). The molecule has 15 heavy (non-hydrogen) atoms. The van der Waals surface area contributed by atoms with Gasteiger partial charge in [0.2, 0.25) is 0 Å². The third kappa shape index (κ3) is 4.06. The molecule has 0 aliphatic carbocycles. The van der Waals surface area contributed by atoms with Gasteiger partial charge in [-0.3, -0.25) is 4.84 Å². The van der Waals surface area contributed by atoms with Gasteiger partial charge < -0.3 is 10.2 Å². The molecular weight excluding hydrogens is 238 g/mol. The Balaban J connectivity index is 2.46. The summed E-state index contributed by atoms with van der Waals surface area (Å²) in [4.78, 5) is 5.89. The number of thiophene rings is 1. The van der Waals surface area contributed by atoms with E-state index in [0.29, 0.717) is 9.90 Å². The molecule has 2 atom stereocenters. The summed E-state index contributed by atoms with van der Waals surface area (Å²) < 4.78 is 0.535. The number of hydroxylamine groups is 1. The van der Waals surface area contributed by atoms with Gasteiger partial charge in [-0.25, -0.2) is 0 Å². The number of rotatable bonds is 5. The Bertz CT molecular complexity index is 316. The normalized spacial score (nSPS) is 15.3. The number of aliphatic hydroxyl groups excluding tert-OH is 2. The predicted molar refractivity (Wildman–Crippen MR) is 59.8 cm³/mol. The minimum absolute atomic E-state index is 0.109. The van der Waals surface area contributed by atoms with Crippen LogP contribution in [0.15, 0.2) is 6.07 Å². The Kier molecular flexibility index (Phi) is 4.98. The zero-order valence-electron chi connectivity index (χ0n) is 8.53. The molecule has 86 valence electrons. The van der Waals surface area contributed by atoms with Crippen molar-refractivity contribution in [2.45, 2.75) is 26.2 Å². The van der Waals surface area contributed by atoms with Crippen LogP contribution >= 0.6 is 22.9 Å². The molecule has 0 amide bonds. The minimum Gasteiger partial charge on any atom is -0.391 e. The molecule has 1 aromatic rings. The molecule has 4 nitrogen and oxygen atoms in total. The topological polar surface area (TPSA) is 61.7 Å². The fraction of sp³-hybridized carbons (Fsp3) is 0.556. The maximum Gasteiger partial charge on any atom is 0.155 e. The fourth-order valence-corrected chi connectivity index (χ4v) is 2.28. The van der Waals surface area contributed by atoms with Crippen molar-refractivity contribution in [3.05, 3.63) is 20.8 Å². The first kappa shape index (κ1) is 12.9. The lowest BCUT2D eigenvalue weighted by atomic mass is 10.3. The van der Waals surface area contributed by atoms with Gasteiger partial charge in [0.05, 0.1) is 12.7 Å². The molecule has 0 bridgehead atoms. The molecule has 0 saturated carbocycles. The second-order valence-electron chi connectivity index (χ2n) is 3.27. The summed E-state index contributed by atoms with van der Waals surface area (Å²) >= 11 is 7.29. The smallest absolute Gasteiger partial charge is 0.155 e. The molecular formula is C9H14ClNO3S. The molecule has 1 unspecified atom stereocenters. The van der Waals surface area contributed by atoms with E-state index in [1.165, 1.54) is 11.3 Å². The predicted octanol–water partition coefficient (Wildman–Crippen LogP) is 1.60. The van der Waals surface area contributed by atoms with E-state index < -0.39 is 12.3 Å². The van der Waals surface area contributed by atoms with Crippen LogP contribution in [0.3, 0.4) is 0 Å². The zero-order chi connectivity index (χ0) is 11.4. The summed E-state index contributed by atoms with van der Waals surface area (Å²) in [7, 11) is 0. The Morgan fingerprint density at radius 3 is 2.73 bits per heavy atom. The lowest BCUT2D eigenvalue weighted by molar-refractivity contribution is -0.0821. The highest BCUT2D eigenvalue weighted by Gasteiger charge is 2.14. The van der Waals surface area contributed by atoms with Gasteiger partial charge in [-0.15, -0.1) is 11.3 Å². The quantitative estimate of drug-likeness (QED) is 0.550. The third-order valence-electron chi connectivity index (χ3n) is 1.65. The standard InChI is InChI=1S/C9H14ClNO3S/c1-5(12)4-14-11-9(13)7-3-6(2)15-8(7)10/h3,5,9,11-13H,4H2,1-2H3/t5-,9?/m0/s1. The van der Waals surface area contributed by atoms with Crippen molar-refractivity contribution in [1.82, 2.24) is 5.48 Å². The number of aryl methyl sites for hydroxylation is 1. The van der Waals surface area contributed by atoms with Crippen LogP contribution in [0.4, 0.5) is 0 Å². The van der Waals surface area contributed by atoms with Gasteiger partial charge in [0.1, 0.15) is 4.34 Å². The summed E-state index contributed by atoms with van der Waals surface area (Å²) in [5.74, 6) is 0. The summed E-state index contributed by atoms with van der Waals surface area (Å²) in [6.07, 6.45) is -1.55. The first-order chi connectivity index (χ1) is 7.00. The number of nitrogens with one attached hydrogen (secondary N) is 1. The van der Waals surface area contributed by atoms with E-state index in [1.807, 2.05) is 6.92 Å². The zero-order valence-corrected chi connectivity index (χ0v) is 10.1. The monoisotopic (exact) mass is 251 g/mol. The first-order valence-corrected chi connectivity index (χ1v) is 5.69. The van der Waals surface area contributed by atoms with Gasteiger partial charge in [-0.1, -0.05) is 11.6 Å². The van der Waals surface area contributed by atoms with Gasteiger partial charge in [0.15, 0.2) is 6.23 Å². The van der Waals surface area contributed by atoms with Crippen molar-refractivity contribution >= 4 is 22.9 Å². The minimum atomic E-state index is -0.971. The van der Waals surface area contributed by atoms with Crippen molar-refractivity contribution < 1.29 is 15.1 Å². The lowest BCUT2D eigenvalue weighted by Gasteiger charge is -2.12. The van der Waals surface area contributed by atoms with E-state index >= 15 is 0 Å². The van der Waals surface area contributed by atoms with Crippen molar-refractivity contribution in [3.8, 4) is 0 Å². The van der Waals surface area contributed by atoms with Gasteiger partial charge in [-0.05, 0) is 19.9 Å². The number of hydrogen-bond donors (Lipinski definition) is 3. The van der Waals surface area contributed by atoms with E-state index in [1.54, 1.807) is 13.0 Å². The molecule has 3 N–H and O–H groups in total. The Hall–Kier alpha value is -0.170. The van der Waals surface area contributed by atoms with Gasteiger partial charge >= 0.3 is 0 Å². The van der Waals surface area contributed by atoms with E-state index in [-0.39, 0.29) is 6.61 Å². The molecule has 0 aromatic carbocycles. The van der Waals surface area contributed by atoms with E-state index in [4.69, 9.17) is 21.5 Å². The van der Waals surface area contributed by atoms with Crippen LogP contribution in [-0.4, -0.2) is 22.9 Å². The maximum absolute atomic E-state index is 9.63. The highest BCUT2D eigenvalue weighted by molar-refractivity contribution is 7.16. The second-order valence-corrected chi connectivity index (χ2v) is 5.12. The molecule has 1 heterocycles. The summed E-state index contributed by atoms with van der Waals surface area (Å²) in [6.45, 7) is 3.61. The van der Waals surface area contributed by atoms with Crippen molar-refractivity contribution in [3.63, 3.8) is 0 Å². The average molecular weight is 252 g/mol. The largest absolute Gasteiger partial charge is 0.391 e. The highest BCUT2D eigenvalue weighted by Crippen LogP contribution is 2.30. The molecule has 0 aliphatic rings. The average Bonchev–Trinajstić information content (AvgIpc) is 2.44. The summed E-state index contributed by atoms with van der Waals surface area (Å²) in [6, 6.07) is 1.79. The van der Waals surface area contributed by atoms with Crippen LogP contribution < -0.4 is 5.48 Å². The van der Waals surface area contributed by atoms with Crippen LogP contribution in [0.1, 0.15) is 23.6 Å². The highest BCUT2D eigenvalue weighted by atomic mass is 35.5. The number of hydrogen-bond acceptors (Lipinski definition) is 5. The van der Waals surface area contributed by atoms with Crippen molar-refractivity contribution in [1.29, 1.82) is 0 Å². The molecule has 0 aliphatic heterocycles. The molecule has 0 spiro atoms. The van der Waals surface area contributed by atoms with Crippen LogP contribution in [0.5, 0.6) is 0 Å². The number of aliphatic hydroxyl groups is 2. The SMILES string of the molecule is Cc1cc(C(O)NOC[C@H](C)O)c(Cl)s1. The molecule has 0 fully saturated rings. The summed E-state index contributed by atoms with van der Waals surface area (Å²) in [5.41, 5.74) is 2.99. The Labute approximate surface area is 97.4 Å². The van der Waals surface area contributed by atoms with Crippen LogP contribution in [0, 0.1) is 6.92 Å². The van der Waals surface area contributed by atoms with Gasteiger partial charge in [0.25, 0.3) is 0 Å². The second kappa shape index (κ2) is 5.79. The first-order valence-electron chi connectivity index (χ1n) is 4.50. The van der Waals surface area contributed by atoms with Crippen molar-refractivity contribution in [2.24, 2.45) is 0 Å². The lowest BCUT2D eigenvalue weighted by Crippen LogP contribution is -2.25. The van der Waals surface area contributed by atoms with Crippen LogP contribution in [-0.2, 0) is 4.84 Å². The maximum atomic E-state index is 9.63. The third-order valence-corrected chi connectivity index (χ3v) is 2.95. The van der Waals surface area contributed by atoms with Crippen molar-refractivity contribution in [2.75, 3.05) is 6.61 Å². The van der Waals surface area contributed by atoms with Gasteiger partial charge in [-0.2, -0.15) is 5.48 Å². The molecule has 0 radical (unpaired) electrons. The Morgan fingerprint density at radius 1 is 1.60 bits per heavy atom. The van der Waals surface area contributed by atoms with E-state index in [9.17, 15) is 5.11 Å². The molecule has 0 saturated heterocycles. The number of halogens is 1. The van der Waals surface area contributed by atoms with Crippen LogP contribution in [0.25, 0.3) is 0 Å². The van der Waals surface area contributed by atoms with E-state index in [0.717, 1.165) is 4.88 Å². The van der Waals surface area contributed by atoms with Gasteiger partial charge in [0, 0.05) is 10.4 Å². The fourth-order valence-electron chi connectivity index (χ4n) is 1.00. The molecule has 1 aromatic heterocycles. The molecule has 6 heteroatoms. The van der Waals surface area contributed by atoms with Crippen LogP contribution in [0.2, 0.25) is 4.34 Å². The summed E-state index contributed by atoms with van der Waals surface area (Å²) in [5, 5.41) is 18.6. The van der Waals surface area contributed by atoms with E-state index in [2.05, 4.69) is 5.48 Å².